The smallest absolute Gasteiger partial charge is 0.330 e. The van der Waals surface area contributed by atoms with Crippen LogP contribution >= 0.6 is 0 Å². The predicted octanol–water partition coefficient (Wildman–Crippen LogP) is 2.87. The largest absolute Gasteiger partial charge is 0.494 e. The average Bonchev–Trinajstić information content (AvgIpc) is 2.68. The van der Waals surface area contributed by atoms with Crippen LogP contribution in [-0.2, 0) is 6.54 Å². The van der Waals surface area contributed by atoms with Gasteiger partial charge in [0.2, 0.25) is 0 Å². The number of carbonyl (C=O) groups is 1. The van der Waals surface area contributed by atoms with Crippen LogP contribution in [0, 0.1) is 11.8 Å². The number of ether oxygens (including phenoxy) is 1. The quantitative estimate of drug-likeness (QED) is 0.653. The van der Waals surface area contributed by atoms with Gasteiger partial charge in [-0.1, -0.05) is 40.7 Å². The van der Waals surface area contributed by atoms with E-state index in [-0.39, 0.29) is 35.8 Å². The lowest BCUT2D eigenvalue weighted by Crippen LogP contribution is -2.43. The van der Waals surface area contributed by atoms with Gasteiger partial charge in [0.25, 0.3) is 11.5 Å². The molecule has 0 aliphatic rings. The summed E-state index contributed by atoms with van der Waals surface area (Å²) >= 11 is 0. The Bertz CT molecular complexity index is 991. The Labute approximate surface area is 176 Å². The minimum absolute atomic E-state index is 0.00571. The van der Waals surface area contributed by atoms with Crippen LogP contribution in [0.15, 0.2) is 33.9 Å². The molecule has 0 bridgehead atoms. The van der Waals surface area contributed by atoms with Crippen LogP contribution in [0.4, 0.5) is 11.5 Å². The van der Waals surface area contributed by atoms with Crippen molar-refractivity contribution in [1.29, 1.82) is 0 Å². The third-order valence-electron chi connectivity index (χ3n) is 4.38. The van der Waals surface area contributed by atoms with Crippen molar-refractivity contribution in [1.82, 2.24) is 9.55 Å². The highest BCUT2D eigenvalue weighted by atomic mass is 16.5. The molecule has 8 nitrogen and oxygen atoms in total. The number of hydrogen-bond donors (Lipinski definition) is 2. The Hall–Kier alpha value is -3.03. The van der Waals surface area contributed by atoms with E-state index >= 15 is 0 Å². The zero-order chi connectivity index (χ0) is 22.4. The van der Waals surface area contributed by atoms with E-state index < -0.39 is 11.2 Å². The highest BCUT2D eigenvalue weighted by Gasteiger charge is 2.26. The average molecular weight is 417 g/mol. The second-order valence-electron chi connectivity index (χ2n) is 8.18. The van der Waals surface area contributed by atoms with Crippen LogP contribution in [0.5, 0.6) is 5.75 Å². The summed E-state index contributed by atoms with van der Waals surface area (Å²) in [5.41, 5.74) is 5.36. The SMILES string of the molecule is CCCOc1cccc(C(=O)N(CC(C)C)c2c(N)n(CC(C)C)c(=O)[nH]c2=O)c1. The van der Waals surface area contributed by atoms with E-state index in [1.165, 1.54) is 9.47 Å². The van der Waals surface area contributed by atoms with Gasteiger partial charge in [-0.15, -0.1) is 0 Å². The van der Waals surface area contributed by atoms with E-state index in [0.29, 0.717) is 24.5 Å². The number of aromatic amines is 1. The predicted molar refractivity (Wildman–Crippen MR) is 119 cm³/mol. The molecule has 1 heterocycles. The van der Waals surface area contributed by atoms with Gasteiger partial charge in [0, 0.05) is 18.7 Å². The summed E-state index contributed by atoms with van der Waals surface area (Å²) in [5, 5.41) is 0. The maximum absolute atomic E-state index is 13.4. The van der Waals surface area contributed by atoms with Crippen LogP contribution in [0.25, 0.3) is 0 Å². The minimum Gasteiger partial charge on any atom is -0.494 e. The van der Waals surface area contributed by atoms with Gasteiger partial charge in [0.05, 0.1) is 6.61 Å². The van der Waals surface area contributed by atoms with Crippen LogP contribution in [0.2, 0.25) is 0 Å². The Kier molecular flexibility index (Phi) is 7.86. The van der Waals surface area contributed by atoms with E-state index in [4.69, 9.17) is 10.5 Å². The summed E-state index contributed by atoms with van der Waals surface area (Å²) in [6.45, 7) is 10.9. The van der Waals surface area contributed by atoms with Gasteiger partial charge in [-0.25, -0.2) is 4.79 Å². The molecule has 3 N–H and O–H groups in total. The van der Waals surface area contributed by atoms with Gasteiger partial charge in [-0.3, -0.25) is 19.1 Å². The lowest BCUT2D eigenvalue weighted by Gasteiger charge is -2.26. The number of nitrogen functional groups attached to an aromatic ring is 1. The number of H-pyrrole nitrogens is 1. The second kappa shape index (κ2) is 10.1. The normalized spacial score (nSPS) is 11.2. The molecular formula is C22H32N4O4. The fraction of sp³-hybridized carbons (Fsp3) is 0.500. The molecule has 0 radical (unpaired) electrons. The number of nitrogens with two attached hydrogens (primary N) is 1. The molecule has 0 saturated heterocycles. The van der Waals surface area contributed by atoms with Gasteiger partial charge in [0.1, 0.15) is 11.6 Å². The molecule has 0 atom stereocenters. The number of hydrogen-bond acceptors (Lipinski definition) is 5. The van der Waals surface area contributed by atoms with Crippen LogP contribution in [0.1, 0.15) is 51.4 Å². The van der Waals surface area contributed by atoms with Crippen LogP contribution in [0.3, 0.4) is 0 Å². The number of carbonyl (C=O) groups excluding carboxylic acids is 1. The number of anilines is 2. The summed E-state index contributed by atoms with van der Waals surface area (Å²) in [4.78, 5) is 42.0. The zero-order valence-electron chi connectivity index (χ0n) is 18.4. The number of nitrogens with one attached hydrogen (secondary N) is 1. The first-order valence-electron chi connectivity index (χ1n) is 10.3. The van der Waals surface area contributed by atoms with Crippen molar-refractivity contribution < 1.29 is 9.53 Å². The minimum atomic E-state index is -0.676. The Morgan fingerprint density at radius 2 is 1.90 bits per heavy atom. The third-order valence-corrected chi connectivity index (χ3v) is 4.38. The van der Waals surface area contributed by atoms with E-state index in [1.807, 2.05) is 34.6 Å². The molecule has 0 fully saturated rings. The molecule has 0 unspecified atom stereocenters. The van der Waals surface area contributed by atoms with Gasteiger partial charge >= 0.3 is 5.69 Å². The maximum Gasteiger partial charge on any atom is 0.330 e. The fourth-order valence-corrected chi connectivity index (χ4v) is 3.12. The standard InChI is InChI=1S/C22H32N4O4/c1-6-10-30-17-9-7-8-16(11-17)21(28)25(12-14(2)3)18-19(23)26(13-15(4)5)22(29)24-20(18)27/h7-9,11,14-15H,6,10,12-13,23H2,1-5H3,(H,24,27,29). The van der Waals surface area contributed by atoms with Gasteiger partial charge in [-0.05, 0) is 36.5 Å². The van der Waals surface area contributed by atoms with E-state index in [2.05, 4.69) is 4.98 Å². The molecule has 0 spiro atoms. The van der Waals surface area contributed by atoms with Crippen molar-refractivity contribution in [2.45, 2.75) is 47.6 Å². The molecule has 30 heavy (non-hydrogen) atoms. The fourth-order valence-electron chi connectivity index (χ4n) is 3.12. The number of nitrogens with zero attached hydrogens (tertiary/aromatic N) is 2. The number of benzene rings is 1. The van der Waals surface area contributed by atoms with Gasteiger partial charge in [-0.2, -0.15) is 0 Å². The first kappa shape index (κ1) is 23.3. The van der Waals surface area contributed by atoms with Crippen LogP contribution < -0.4 is 26.6 Å². The first-order valence-corrected chi connectivity index (χ1v) is 10.3. The van der Waals surface area contributed by atoms with E-state index in [0.717, 1.165) is 6.42 Å². The molecule has 164 valence electrons. The molecule has 0 aliphatic carbocycles. The molecule has 2 rings (SSSR count). The van der Waals surface area contributed by atoms with Crippen molar-refractivity contribution in [3.05, 3.63) is 50.7 Å². The third kappa shape index (κ3) is 5.52. The molecule has 0 aliphatic heterocycles. The molecule has 0 saturated carbocycles. The highest BCUT2D eigenvalue weighted by molar-refractivity contribution is 6.07. The van der Waals surface area contributed by atoms with Crippen molar-refractivity contribution >= 4 is 17.4 Å². The molecular weight excluding hydrogens is 384 g/mol. The lowest BCUT2D eigenvalue weighted by atomic mass is 10.1. The maximum atomic E-state index is 13.4. The van der Waals surface area contributed by atoms with Crippen LogP contribution in [-0.4, -0.2) is 28.6 Å². The van der Waals surface area contributed by atoms with Gasteiger partial charge < -0.3 is 15.4 Å². The first-order chi connectivity index (χ1) is 14.1. The molecule has 1 aromatic heterocycles. The summed E-state index contributed by atoms with van der Waals surface area (Å²) in [6.07, 6.45) is 0.848. The number of rotatable bonds is 9. The Morgan fingerprint density at radius 3 is 2.50 bits per heavy atom. The van der Waals surface area contributed by atoms with Crippen molar-refractivity contribution in [2.24, 2.45) is 11.8 Å². The monoisotopic (exact) mass is 416 g/mol. The zero-order valence-corrected chi connectivity index (χ0v) is 18.4. The van der Waals surface area contributed by atoms with Crippen molar-refractivity contribution in [3.63, 3.8) is 0 Å². The highest BCUT2D eigenvalue weighted by Crippen LogP contribution is 2.23. The lowest BCUT2D eigenvalue weighted by molar-refractivity contribution is 0.0983. The van der Waals surface area contributed by atoms with E-state index in [1.54, 1.807) is 24.3 Å². The Morgan fingerprint density at radius 1 is 1.20 bits per heavy atom. The topological polar surface area (TPSA) is 110 Å². The second-order valence-corrected chi connectivity index (χ2v) is 8.18. The molecule has 2 aromatic rings. The summed E-state index contributed by atoms with van der Waals surface area (Å²) in [5.74, 6) is 0.393. The van der Waals surface area contributed by atoms with Gasteiger partial charge in [0.15, 0.2) is 5.69 Å². The van der Waals surface area contributed by atoms with Crippen molar-refractivity contribution in [2.75, 3.05) is 23.8 Å². The number of amides is 1. The summed E-state index contributed by atoms with van der Waals surface area (Å²) < 4.78 is 6.94. The Balaban J connectivity index is 2.57. The number of aromatic nitrogens is 2. The van der Waals surface area contributed by atoms with E-state index in [9.17, 15) is 14.4 Å². The molecule has 8 heteroatoms. The summed E-state index contributed by atoms with van der Waals surface area (Å²) in [6, 6.07) is 6.84. The molecule has 1 aromatic carbocycles. The molecule has 1 amide bonds. The summed E-state index contributed by atoms with van der Waals surface area (Å²) in [7, 11) is 0. The van der Waals surface area contributed by atoms with Crippen molar-refractivity contribution in [3.8, 4) is 5.75 Å².